The van der Waals surface area contributed by atoms with Gasteiger partial charge in [-0.15, -0.1) is 0 Å². The number of rotatable bonds is 3. The molecule has 0 amide bonds. The number of benzene rings is 2. The second-order valence-electron chi connectivity index (χ2n) is 4.14. The highest BCUT2D eigenvalue weighted by Gasteiger charge is 2.02. The van der Waals surface area contributed by atoms with Crippen LogP contribution in [0.4, 0.5) is 10.1 Å². The predicted octanol–water partition coefficient (Wildman–Crippen LogP) is 3.16. The second-order valence-corrected chi connectivity index (χ2v) is 4.14. The molecule has 0 saturated heterocycles. The van der Waals surface area contributed by atoms with Crippen molar-refractivity contribution >= 4 is 5.69 Å². The minimum absolute atomic E-state index is 0.247. The smallest absolute Gasteiger partial charge is 0.165 e. The maximum Gasteiger partial charge on any atom is 0.165 e. The summed E-state index contributed by atoms with van der Waals surface area (Å²) in [5, 5.41) is 21.6. The Morgan fingerprint density at radius 1 is 1.06 bits per heavy atom. The molecular formula is C14H14FNO2. The van der Waals surface area contributed by atoms with Gasteiger partial charge in [0.2, 0.25) is 0 Å². The molecular weight excluding hydrogens is 233 g/mol. The molecule has 2 aromatic carbocycles. The second kappa shape index (κ2) is 4.96. The minimum atomic E-state index is -0.629. The van der Waals surface area contributed by atoms with Gasteiger partial charge in [-0.2, -0.15) is 0 Å². The zero-order valence-corrected chi connectivity index (χ0v) is 9.94. The third kappa shape index (κ3) is 2.71. The molecule has 18 heavy (non-hydrogen) atoms. The van der Waals surface area contributed by atoms with Crippen LogP contribution in [0.2, 0.25) is 0 Å². The maximum absolute atomic E-state index is 13.1. The van der Waals surface area contributed by atoms with Gasteiger partial charge < -0.3 is 15.5 Å². The lowest BCUT2D eigenvalue weighted by atomic mass is 10.1. The summed E-state index contributed by atoms with van der Waals surface area (Å²) in [6, 6.07) is 9.43. The van der Waals surface area contributed by atoms with Crippen molar-refractivity contribution in [3.05, 3.63) is 53.3 Å². The summed E-state index contributed by atoms with van der Waals surface area (Å²) in [5.41, 5.74) is 2.35. The van der Waals surface area contributed by atoms with Gasteiger partial charge in [0.15, 0.2) is 11.6 Å². The predicted molar refractivity (Wildman–Crippen MR) is 68.2 cm³/mol. The van der Waals surface area contributed by atoms with Gasteiger partial charge in [0.25, 0.3) is 0 Å². The Hall–Kier alpha value is -2.23. The maximum atomic E-state index is 13.1. The quantitative estimate of drug-likeness (QED) is 0.730. The van der Waals surface area contributed by atoms with Crippen molar-refractivity contribution in [2.45, 2.75) is 13.5 Å². The van der Waals surface area contributed by atoms with E-state index in [4.69, 9.17) is 5.11 Å². The Balaban J connectivity index is 2.06. The summed E-state index contributed by atoms with van der Waals surface area (Å²) in [4.78, 5) is 0. The normalized spacial score (nSPS) is 10.3. The van der Waals surface area contributed by atoms with Crippen LogP contribution in [0.25, 0.3) is 0 Å². The number of hydrogen-bond donors (Lipinski definition) is 3. The number of anilines is 1. The van der Waals surface area contributed by atoms with Crippen molar-refractivity contribution in [2.24, 2.45) is 0 Å². The first kappa shape index (κ1) is 12.2. The minimum Gasteiger partial charge on any atom is -0.508 e. The molecule has 0 saturated carbocycles. The molecule has 0 unspecified atom stereocenters. The number of aromatic hydroxyl groups is 2. The molecule has 2 rings (SSSR count). The molecule has 0 aromatic heterocycles. The summed E-state index contributed by atoms with van der Waals surface area (Å²) in [6.07, 6.45) is 0. The van der Waals surface area contributed by atoms with Crippen LogP contribution in [0, 0.1) is 12.7 Å². The number of aryl methyl sites for hydroxylation is 1. The van der Waals surface area contributed by atoms with Crippen molar-refractivity contribution in [3.63, 3.8) is 0 Å². The van der Waals surface area contributed by atoms with Gasteiger partial charge in [0, 0.05) is 12.2 Å². The first-order valence-corrected chi connectivity index (χ1v) is 5.57. The van der Waals surface area contributed by atoms with Crippen LogP contribution in [0.15, 0.2) is 36.4 Å². The van der Waals surface area contributed by atoms with Crippen molar-refractivity contribution < 1.29 is 14.6 Å². The molecule has 0 heterocycles. The van der Waals surface area contributed by atoms with Gasteiger partial charge in [-0.3, -0.25) is 0 Å². The van der Waals surface area contributed by atoms with Crippen molar-refractivity contribution in [1.82, 2.24) is 0 Å². The lowest BCUT2D eigenvalue weighted by molar-refractivity contribution is 0.432. The fraction of sp³-hybridized carbons (Fsp3) is 0.143. The van der Waals surface area contributed by atoms with E-state index in [-0.39, 0.29) is 11.5 Å². The molecule has 2 aromatic rings. The van der Waals surface area contributed by atoms with Gasteiger partial charge in [0.05, 0.1) is 0 Å². The summed E-state index contributed by atoms with van der Waals surface area (Å²) >= 11 is 0. The molecule has 3 N–H and O–H groups in total. The first-order valence-electron chi connectivity index (χ1n) is 5.57. The summed E-state index contributed by atoms with van der Waals surface area (Å²) in [5.74, 6) is -0.730. The first-order chi connectivity index (χ1) is 8.56. The number of phenols is 2. The molecule has 4 heteroatoms. The zero-order valence-electron chi connectivity index (χ0n) is 9.94. The fourth-order valence-electron chi connectivity index (χ4n) is 1.63. The number of hydrogen-bond acceptors (Lipinski definition) is 3. The van der Waals surface area contributed by atoms with E-state index in [0.717, 1.165) is 16.8 Å². The molecule has 0 fully saturated rings. The fourth-order valence-corrected chi connectivity index (χ4v) is 1.63. The molecule has 0 bridgehead atoms. The third-order valence-corrected chi connectivity index (χ3v) is 2.71. The van der Waals surface area contributed by atoms with E-state index in [9.17, 15) is 9.50 Å². The summed E-state index contributed by atoms with van der Waals surface area (Å²) < 4.78 is 13.1. The molecule has 3 nitrogen and oxygen atoms in total. The van der Waals surface area contributed by atoms with E-state index >= 15 is 0 Å². The number of nitrogens with one attached hydrogen (secondary N) is 1. The third-order valence-electron chi connectivity index (χ3n) is 2.71. The molecule has 0 atom stereocenters. The average Bonchev–Trinajstić information content (AvgIpc) is 2.35. The van der Waals surface area contributed by atoms with Gasteiger partial charge in [-0.25, -0.2) is 4.39 Å². The van der Waals surface area contributed by atoms with E-state index in [1.54, 1.807) is 25.1 Å². The Labute approximate surface area is 105 Å². The standard InChI is InChI=1S/C14H14FNO2/c1-9-6-11(3-5-13(9)17)16-8-10-2-4-14(18)12(15)7-10/h2-7,16-18H,8H2,1H3. The molecule has 94 valence electrons. The van der Waals surface area contributed by atoms with Crippen LogP contribution < -0.4 is 5.32 Å². The molecule has 0 spiro atoms. The van der Waals surface area contributed by atoms with E-state index < -0.39 is 5.82 Å². The van der Waals surface area contributed by atoms with E-state index in [2.05, 4.69) is 5.32 Å². The van der Waals surface area contributed by atoms with E-state index in [1.165, 1.54) is 12.1 Å². The van der Waals surface area contributed by atoms with Crippen LogP contribution in [0.3, 0.4) is 0 Å². The highest BCUT2D eigenvalue weighted by Crippen LogP contribution is 2.21. The van der Waals surface area contributed by atoms with Gasteiger partial charge in [0.1, 0.15) is 5.75 Å². The largest absolute Gasteiger partial charge is 0.508 e. The topological polar surface area (TPSA) is 52.5 Å². The number of halogens is 1. The molecule has 0 aliphatic heterocycles. The highest BCUT2D eigenvalue weighted by atomic mass is 19.1. The van der Waals surface area contributed by atoms with Crippen molar-refractivity contribution in [1.29, 1.82) is 0 Å². The van der Waals surface area contributed by atoms with E-state index in [1.807, 2.05) is 6.07 Å². The van der Waals surface area contributed by atoms with E-state index in [0.29, 0.717) is 6.54 Å². The Kier molecular flexibility index (Phi) is 3.37. The Morgan fingerprint density at radius 3 is 2.44 bits per heavy atom. The van der Waals surface area contributed by atoms with Gasteiger partial charge in [-0.05, 0) is 48.4 Å². The van der Waals surface area contributed by atoms with Crippen LogP contribution in [-0.4, -0.2) is 10.2 Å². The van der Waals surface area contributed by atoms with Crippen LogP contribution >= 0.6 is 0 Å². The van der Waals surface area contributed by atoms with Crippen LogP contribution in [-0.2, 0) is 6.54 Å². The molecule has 0 aliphatic rings. The molecule has 0 radical (unpaired) electrons. The summed E-state index contributed by atoms with van der Waals surface area (Å²) in [7, 11) is 0. The van der Waals surface area contributed by atoms with Crippen LogP contribution in [0.5, 0.6) is 11.5 Å². The monoisotopic (exact) mass is 247 g/mol. The zero-order chi connectivity index (χ0) is 13.1. The van der Waals surface area contributed by atoms with Crippen LogP contribution in [0.1, 0.15) is 11.1 Å². The van der Waals surface area contributed by atoms with Crippen molar-refractivity contribution in [2.75, 3.05) is 5.32 Å². The summed E-state index contributed by atoms with van der Waals surface area (Å²) in [6.45, 7) is 2.25. The lowest BCUT2D eigenvalue weighted by Crippen LogP contribution is -1.99. The lowest BCUT2D eigenvalue weighted by Gasteiger charge is -2.08. The Bertz CT molecular complexity index is 518. The van der Waals surface area contributed by atoms with Crippen molar-refractivity contribution in [3.8, 4) is 11.5 Å². The Morgan fingerprint density at radius 2 is 1.78 bits per heavy atom. The SMILES string of the molecule is Cc1cc(NCc2ccc(O)c(F)c2)ccc1O. The number of phenolic OH excluding ortho intramolecular Hbond substituents is 2. The van der Waals surface area contributed by atoms with Gasteiger partial charge in [-0.1, -0.05) is 6.07 Å². The highest BCUT2D eigenvalue weighted by molar-refractivity contribution is 5.50. The van der Waals surface area contributed by atoms with Gasteiger partial charge >= 0.3 is 0 Å². The average molecular weight is 247 g/mol. The molecule has 0 aliphatic carbocycles.